The van der Waals surface area contributed by atoms with Gasteiger partial charge in [-0.15, -0.1) is 0 Å². The van der Waals surface area contributed by atoms with Gasteiger partial charge in [0.1, 0.15) is 23.4 Å². The predicted octanol–water partition coefficient (Wildman–Crippen LogP) is 0.514. The van der Waals surface area contributed by atoms with E-state index in [0.29, 0.717) is 12.1 Å². The Morgan fingerprint density at radius 2 is 1.90 bits per heavy atom. The first-order valence-electron chi connectivity index (χ1n) is 5.64. The number of hydrogen-bond donors (Lipinski definition) is 2. The van der Waals surface area contributed by atoms with Gasteiger partial charge in [-0.25, -0.2) is 13.6 Å². The molecule has 106 valence electrons. The van der Waals surface area contributed by atoms with Crippen molar-refractivity contribution in [3.63, 3.8) is 0 Å². The third kappa shape index (κ3) is 2.31. The maximum atomic E-state index is 13.9. The van der Waals surface area contributed by atoms with Crippen LogP contribution in [-0.4, -0.2) is 35.5 Å². The number of nitrogens with zero attached hydrogens (tertiary/aromatic N) is 1. The zero-order valence-electron chi connectivity index (χ0n) is 10.3. The van der Waals surface area contributed by atoms with E-state index in [1.54, 1.807) is 0 Å². The van der Waals surface area contributed by atoms with Gasteiger partial charge in [-0.3, -0.25) is 14.9 Å². The molecule has 1 atom stereocenters. The summed E-state index contributed by atoms with van der Waals surface area (Å²) in [5.74, 6) is -5.13. The highest BCUT2D eigenvalue weighted by atomic mass is 19.1. The zero-order valence-corrected chi connectivity index (χ0v) is 10.3. The van der Waals surface area contributed by atoms with Crippen LogP contribution in [0.4, 0.5) is 14.5 Å². The second-order valence-electron chi connectivity index (χ2n) is 4.31. The number of piperazine rings is 1. The molecule has 1 heterocycles. The van der Waals surface area contributed by atoms with Crippen molar-refractivity contribution in [2.75, 3.05) is 11.4 Å². The van der Waals surface area contributed by atoms with Crippen LogP contribution in [0.5, 0.6) is 0 Å². The minimum Gasteiger partial charge on any atom is -0.478 e. The van der Waals surface area contributed by atoms with Gasteiger partial charge < -0.3 is 10.0 Å². The Kier molecular flexibility index (Phi) is 3.39. The molecular weight excluding hydrogens is 274 g/mol. The number of nitrogens with one attached hydrogen (secondary N) is 1. The maximum absolute atomic E-state index is 13.9. The summed E-state index contributed by atoms with van der Waals surface area (Å²) in [4.78, 5) is 34.4. The van der Waals surface area contributed by atoms with Gasteiger partial charge in [-0.05, 0) is 19.1 Å². The van der Waals surface area contributed by atoms with E-state index in [1.807, 2.05) is 5.32 Å². The Labute approximate surface area is 112 Å². The first-order valence-corrected chi connectivity index (χ1v) is 5.64. The molecule has 1 saturated heterocycles. The van der Waals surface area contributed by atoms with Crippen LogP contribution >= 0.6 is 0 Å². The van der Waals surface area contributed by atoms with Crippen LogP contribution in [-0.2, 0) is 9.59 Å². The van der Waals surface area contributed by atoms with Crippen molar-refractivity contribution in [2.24, 2.45) is 0 Å². The number of carboxylic acids is 1. The molecule has 6 nitrogen and oxygen atoms in total. The first-order chi connectivity index (χ1) is 9.31. The second-order valence-corrected chi connectivity index (χ2v) is 4.31. The van der Waals surface area contributed by atoms with Crippen molar-refractivity contribution in [3.05, 3.63) is 29.3 Å². The minimum absolute atomic E-state index is 0.396. The van der Waals surface area contributed by atoms with Crippen LogP contribution in [0.3, 0.4) is 0 Å². The van der Waals surface area contributed by atoms with Gasteiger partial charge in [0.05, 0.1) is 12.1 Å². The lowest BCUT2D eigenvalue weighted by atomic mass is 10.1. The lowest BCUT2D eigenvalue weighted by Crippen LogP contribution is -2.57. The van der Waals surface area contributed by atoms with Gasteiger partial charge in [-0.1, -0.05) is 0 Å². The molecule has 2 rings (SSSR count). The van der Waals surface area contributed by atoms with E-state index in [4.69, 9.17) is 5.11 Å². The normalized spacial score (nSPS) is 18.9. The van der Waals surface area contributed by atoms with Gasteiger partial charge >= 0.3 is 5.97 Å². The zero-order chi connectivity index (χ0) is 15.0. The van der Waals surface area contributed by atoms with Crippen molar-refractivity contribution in [1.29, 1.82) is 0 Å². The summed E-state index contributed by atoms with van der Waals surface area (Å²) < 4.78 is 27.8. The standard InChI is InChI=1S/C12H10F2N2O4/c1-5-11(18)15-9(17)4-16(5)10-7(13)2-6(12(19)20)3-8(10)14/h2-3,5H,4H2,1H3,(H,19,20)(H,15,17,18). The van der Waals surface area contributed by atoms with Crippen molar-refractivity contribution in [1.82, 2.24) is 5.32 Å². The summed E-state index contributed by atoms with van der Waals surface area (Å²) in [6.45, 7) is 0.985. The van der Waals surface area contributed by atoms with E-state index in [1.165, 1.54) is 6.92 Å². The summed E-state index contributed by atoms with van der Waals surface area (Å²) in [6.07, 6.45) is 0. The third-order valence-electron chi connectivity index (χ3n) is 2.97. The number of carbonyl (C=O) groups is 3. The predicted molar refractivity (Wildman–Crippen MR) is 63.3 cm³/mol. The van der Waals surface area contributed by atoms with E-state index < -0.39 is 53.3 Å². The van der Waals surface area contributed by atoms with E-state index in [9.17, 15) is 23.2 Å². The summed E-state index contributed by atoms with van der Waals surface area (Å²) in [6, 6.07) is 0.335. The van der Waals surface area contributed by atoms with E-state index in [2.05, 4.69) is 0 Å². The number of aromatic carboxylic acids is 1. The summed E-state index contributed by atoms with van der Waals surface area (Å²) in [5.41, 5.74) is -1.14. The highest BCUT2D eigenvalue weighted by Gasteiger charge is 2.33. The number of rotatable bonds is 2. The fraction of sp³-hybridized carbons (Fsp3) is 0.250. The van der Waals surface area contributed by atoms with Crippen molar-refractivity contribution in [3.8, 4) is 0 Å². The average Bonchev–Trinajstić information content (AvgIpc) is 2.33. The number of anilines is 1. The molecule has 0 aliphatic carbocycles. The summed E-state index contributed by atoms with van der Waals surface area (Å²) in [5, 5.41) is 10.7. The minimum atomic E-state index is -1.48. The van der Waals surface area contributed by atoms with Crippen LogP contribution in [0.1, 0.15) is 17.3 Å². The van der Waals surface area contributed by atoms with Crippen LogP contribution in [0.2, 0.25) is 0 Å². The smallest absolute Gasteiger partial charge is 0.335 e. The van der Waals surface area contributed by atoms with E-state index in [0.717, 1.165) is 4.90 Å². The molecule has 0 aromatic heterocycles. The number of benzene rings is 1. The number of carboxylic acid groups (broad SMARTS) is 1. The second kappa shape index (κ2) is 4.87. The molecular formula is C12H10F2N2O4. The number of hydrogen-bond acceptors (Lipinski definition) is 4. The van der Waals surface area contributed by atoms with Crippen LogP contribution < -0.4 is 10.2 Å². The molecule has 1 aliphatic heterocycles. The largest absolute Gasteiger partial charge is 0.478 e. The molecule has 2 amide bonds. The Hall–Kier alpha value is -2.51. The Morgan fingerprint density at radius 1 is 1.35 bits per heavy atom. The fourth-order valence-electron chi connectivity index (χ4n) is 1.95. The number of imide groups is 1. The molecule has 0 saturated carbocycles. The van der Waals surface area contributed by atoms with E-state index >= 15 is 0 Å². The molecule has 0 spiro atoms. The van der Waals surface area contributed by atoms with Crippen molar-refractivity contribution in [2.45, 2.75) is 13.0 Å². The molecule has 1 aliphatic rings. The Bertz CT molecular complexity index is 594. The van der Waals surface area contributed by atoms with Crippen LogP contribution in [0.25, 0.3) is 0 Å². The van der Waals surface area contributed by atoms with Gasteiger partial charge in [0.25, 0.3) is 0 Å². The average molecular weight is 284 g/mol. The monoisotopic (exact) mass is 284 g/mol. The van der Waals surface area contributed by atoms with Crippen LogP contribution in [0.15, 0.2) is 12.1 Å². The summed E-state index contributed by atoms with van der Waals surface area (Å²) in [7, 11) is 0. The molecule has 1 unspecified atom stereocenters. The number of halogens is 2. The van der Waals surface area contributed by atoms with Crippen LogP contribution in [0, 0.1) is 11.6 Å². The molecule has 0 bridgehead atoms. The lowest BCUT2D eigenvalue weighted by molar-refractivity contribution is -0.132. The van der Waals surface area contributed by atoms with Gasteiger partial charge in [-0.2, -0.15) is 0 Å². The molecule has 20 heavy (non-hydrogen) atoms. The first kappa shape index (κ1) is 13.9. The topological polar surface area (TPSA) is 86.7 Å². The molecule has 8 heteroatoms. The molecule has 1 aromatic rings. The third-order valence-corrected chi connectivity index (χ3v) is 2.97. The highest BCUT2D eigenvalue weighted by Crippen LogP contribution is 2.27. The molecule has 2 N–H and O–H groups in total. The molecule has 1 aromatic carbocycles. The number of carbonyl (C=O) groups excluding carboxylic acids is 2. The van der Waals surface area contributed by atoms with Crippen molar-refractivity contribution >= 4 is 23.5 Å². The van der Waals surface area contributed by atoms with Crippen molar-refractivity contribution < 1.29 is 28.3 Å². The SMILES string of the molecule is CC1C(=O)NC(=O)CN1c1c(F)cc(C(=O)O)cc1F. The fourth-order valence-corrected chi connectivity index (χ4v) is 1.95. The Balaban J connectivity index is 2.49. The number of amides is 2. The maximum Gasteiger partial charge on any atom is 0.335 e. The lowest BCUT2D eigenvalue weighted by Gasteiger charge is -2.33. The Morgan fingerprint density at radius 3 is 2.40 bits per heavy atom. The van der Waals surface area contributed by atoms with Gasteiger partial charge in [0.15, 0.2) is 0 Å². The summed E-state index contributed by atoms with van der Waals surface area (Å²) >= 11 is 0. The molecule has 1 fully saturated rings. The molecule has 0 radical (unpaired) electrons. The quantitative estimate of drug-likeness (QED) is 0.773. The van der Waals surface area contributed by atoms with Gasteiger partial charge in [0.2, 0.25) is 11.8 Å². The van der Waals surface area contributed by atoms with E-state index in [-0.39, 0.29) is 0 Å². The highest BCUT2D eigenvalue weighted by molar-refractivity contribution is 6.04. The van der Waals surface area contributed by atoms with Gasteiger partial charge in [0, 0.05) is 0 Å².